The van der Waals surface area contributed by atoms with E-state index < -0.39 is 0 Å². The maximum atomic E-state index is 13.0. The molecule has 7 nitrogen and oxygen atoms in total. The number of hydrogen-bond donors (Lipinski definition) is 2. The number of nitrogens with one attached hydrogen (secondary N) is 2. The van der Waals surface area contributed by atoms with E-state index in [0.717, 1.165) is 50.1 Å². The first kappa shape index (κ1) is 18.5. The average Bonchev–Trinajstić information content (AvgIpc) is 3.50. The standard InChI is InChI=1S/C21H26N4O3/c1-14-13-18(26)24-20(22-14)25-11-7-16(8-12-25)23-19(27)21(9-10-21)15-3-5-17(28-2)6-4-15/h3-6,13,16H,7-12H2,1-2H3,(H,23,27)(H,22,24,26). The van der Waals surface area contributed by atoms with E-state index in [1.165, 1.54) is 6.07 Å². The third kappa shape index (κ3) is 3.61. The molecule has 7 heteroatoms. The van der Waals surface area contributed by atoms with Crippen LogP contribution in [0.4, 0.5) is 5.95 Å². The normalized spacial score (nSPS) is 18.6. The molecule has 2 fully saturated rings. The van der Waals surface area contributed by atoms with Gasteiger partial charge in [-0.05, 0) is 50.3 Å². The number of aromatic amines is 1. The molecule has 1 aromatic heterocycles. The highest BCUT2D eigenvalue weighted by molar-refractivity contribution is 5.91. The van der Waals surface area contributed by atoms with E-state index in [1.807, 2.05) is 31.2 Å². The van der Waals surface area contributed by atoms with Crippen molar-refractivity contribution in [2.45, 2.75) is 44.1 Å². The smallest absolute Gasteiger partial charge is 0.252 e. The van der Waals surface area contributed by atoms with Gasteiger partial charge in [0.1, 0.15) is 5.75 Å². The Morgan fingerprint density at radius 2 is 1.93 bits per heavy atom. The highest BCUT2D eigenvalue weighted by Gasteiger charge is 2.51. The summed E-state index contributed by atoms with van der Waals surface area (Å²) in [6.07, 6.45) is 3.45. The number of H-pyrrole nitrogens is 1. The first-order valence-corrected chi connectivity index (χ1v) is 9.78. The molecule has 1 aromatic carbocycles. The largest absolute Gasteiger partial charge is 0.497 e. The van der Waals surface area contributed by atoms with E-state index >= 15 is 0 Å². The fourth-order valence-corrected chi connectivity index (χ4v) is 3.95. The van der Waals surface area contributed by atoms with Crippen LogP contribution in [0.25, 0.3) is 0 Å². The Hall–Kier alpha value is -2.83. The van der Waals surface area contributed by atoms with E-state index in [9.17, 15) is 9.59 Å². The van der Waals surface area contributed by atoms with Gasteiger partial charge in [0.2, 0.25) is 11.9 Å². The minimum Gasteiger partial charge on any atom is -0.497 e. The number of carbonyl (C=O) groups excluding carboxylic acids is 1. The van der Waals surface area contributed by atoms with Gasteiger partial charge in [-0.2, -0.15) is 0 Å². The molecule has 0 atom stereocenters. The van der Waals surface area contributed by atoms with E-state index in [4.69, 9.17) is 4.74 Å². The average molecular weight is 382 g/mol. The number of carbonyl (C=O) groups is 1. The number of rotatable bonds is 5. The monoisotopic (exact) mass is 382 g/mol. The highest BCUT2D eigenvalue weighted by Crippen LogP contribution is 2.48. The fraction of sp³-hybridized carbons (Fsp3) is 0.476. The second kappa shape index (κ2) is 7.30. The van der Waals surface area contributed by atoms with Crippen molar-refractivity contribution in [3.05, 3.63) is 51.9 Å². The second-order valence-electron chi connectivity index (χ2n) is 7.76. The van der Waals surface area contributed by atoms with Crippen molar-refractivity contribution >= 4 is 11.9 Å². The van der Waals surface area contributed by atoms with Gasteiger partial charge < -0.3 is 15.0 Å². The molecule has 28 heavy (non-hydrogen) atoms. The van der Waals surface area contributed by atoms with Crippen molar-refractivity contribution in [1.29, 1.82) is 0 Å². The van der Waals surface area contributed by atoms with Gasteiger partial charge in [0, 0.05) is 30.9 Å². The fourth-order valence-electron chi connectivity index (χ4n) is 3.95. The Morgan fingerprint density at radius 3 is 2.50 bits per heavy atom. The Morgan fingerprint density at radius 1 is 1.25 bits per heavy atom. The van der Waals surface area contributed by atoms with Crippen LogP contribution in [0.15, 0.2) is 35.1 Å². The molecule has 2 aromatic rings. The van der Waals surface area contributed by atoms with Crippen molar-refractivity contribution in [3.63, 3.8) is 0 Å². The molecule has 0 radical (unpaired) electrons. The molecule has 0 unspecified atom stereocenters. The summed E-state index contributed by atoms with van der Waals surface area (Å²) >= 11 is 0. The number of aryl methyl sites for hydroxylation is 1. The summed E-state index contributed by atoms with van der Waals surface area (Å²) in [6, 6.07) is 9.45. The number of amides is 1. The van der Waals surface area contributed by atoms with Crippen LogP contribution >= 0.6 is 0 Å². The van der Waals surface area contributed by atoms with Gasteiger partial charge >= 0.3 is 0 Å². The number of ether oxygens (including phenoxy) is 1. The van der Waals surface area contributed by atoms with Crippen LogP contribution < -0.4 is 20.5 Å². The summed E-state index contributed by atoms with van der Waals surface area (Å²) in [5.41, 5.74) is 1.26. The summed E-state index contributed by atoms with van der Waals surface area (Å²) in [6.45, 7) is 3.33. The first-order valence-electron chi connectivity index (χ1n) is 9.78. The molecular weight excluding hydrogens is 356 g/mol. The molecule has 1 saturated carbocycles. The van der Waals surface area contributed by atoms with Crippen molar-refractivity contribution in [3.8, 4) is 5.75 Å². The second-order valence-corrected chi connectivity index (χ2v) is 7.76. The molecule has 148 valence electrons. The van der Waals surface area contributed by atoms with Crippen molar-refractivity contribution in [2.24, 2.45) is 0 Å². The zero-order valence-electron chi connectivity index (χ0n) is 16.3. The molecular formula is C21H26N4O3. The Balaban J connectivity index is 1.36. The van der Waals surface area contributed by atoms with Crippen LogP contribution in [0.1, 0.15) is 36.9 Å². The molecule has 2 N–H and O–H groups in total. The highest BCUT2D eigenvalue weighted by atomic mass is 16.5. The predicted octanol–water partition coefficient (Wildman–Crippen LogP) is 1.90. The number of piperidine rings is 1. The lowest BCUT2D eigenvalue weighted by atomic mass is 9.93. The molecule has 1 saturated heterocycles. The SMILES string of the molecule is COc1ccc(C2(C(=O)NC3CCN(c4nc(C)cc(=O)[nH]4)CC3)CC2)cc1. The summed E-state index contributed by atoms with van der Waals surface area (Å²) in [5, 5.41) is 3.25. The van der Waals surface area contributed by atoms with Gasteiger partial charge in [0.25, 0.3) is 5.56 Å². The van der Waals surface area contributed by atoms with E-state index in [1.54, 1.807) is 7.11 Å². The molecule has 0 spiro atoms. The summed E-state index contributed by atoms with van der Waals surface area (Å²) < 4.78 is 5.21. The number of benzene rings is 1. The lowest BCUT2D eigenvalue weighted by Crippen LogP contribution is -2.48. The van der Waals surface area contributed by atoms with Crippen LogP contribution in [0.5, 0.6) is 5.75 Å². The third-order valence-corrected chi connectivity index (χ3v) is 5.81. The van der Waals surface area contributed by atoms with Gasteiger partial charge in [-0.15, -0.1) is 0 Å². The number of methoxy groups -OCH3 is 1. The van der Waals surface area contributed by atoms with Gasteiger partial charge in [0.15, 0.2) is 0 Å². The van der Waals surface area contributed by atoms with Crippen LogP contribution in [0, 0.1) is 6.92 Å². The van der Waals surface area contributed by atoms with Gasteiger partial charge in [-0.1, -0.05) is 12.1 Å². The minimum atomic E-state index is -0.382. The summed E-state index contributed by atoms with van der Waals surface area (Å²) in [5.74, 6) is 1.54. The maximum Gasteiger partial charge on any atom is 0.252 e. The van der Waals surface area contributed by atoms with Gasteiger partial charge in [-0.3, -0.25) is 14.6 Å². The lowest BCUT2D eigenvalue weighted by Gasteiger charge is -2.33. The maximum absolute atomic E-state index is 13.0. The number of nitrogens with zero attached hydrogens (tertiary/aromatic N) is 2. The predicted molar refractivity (Wildman–Crippen MR) is 107 cm³/mol. The Kier molecular flexibility index (Phi) is 4.83. The molecule has 1 amide bonds. The summed E-state index contributed by atoms with van der Waals surface area (Å²) in [4.78, 5) is 33.9. The van der Waals surface area contributed by atoms with Crippen LogP contribution in [-0.2, 0) is 10.2 Å². The lowest BCUT2D eigenvalue weighted by molar-refractivity contribution is -0.124. The Labute approximate surface area is 164 Å². The van der Waals surface area contributed by atoms with Crippen molar-refractivity contribution in [2.75, 3.05) is 25.1 Å². The molecule has 1 aliphatic heterocycles. The molecule has 4 rings (SSSR count). The minimum absolute atomic E-state index is 0.123. The van der Waals surface area contributed by atoms with Crippen LogP contribution in [0.3, 0.4) is 0 Å². The number of hydrogen-bond acceptors (Lipinski definition) is 5. The first-order chi connectivity index (χ1) is 13.5. The van der Waals surface area contributed by atoms with Crippen LogP contribution in [-0.4, -0.2) is 42.1 Å². The quantitative estimate of drug-likeness (QED) is 0.825. The molecule has 2 heterocycles. The van der Waals surface area contributed by atoms with E-state index in [-0.39, 0.29) is 22.9 Å². The van der Waals surface area contributed by atoms with Gasteiger partial charge in [-0.25, -0.2) is 4.98 Å². The van der Waals surface area contributed by atoms with Gasteiger partial charge in [0.05, 0.1) is 12.5 Å². The molecule has 0 bridgehead atoms. The van der Waals surface area contributed by atoms with Crippen LogP contribution in [0.2, 0.25) is 0 Å². The van der Waals surface area contributed by atoms with Crippen molar-refractivity contribution < 1.29 is 9.53 Å². The third-order valence-electron chi connectivity index (χ3n) is 5.81. The van der Waals surface area contributed by atoms with Crippen molar-refractivity contribution in [1.82, 2.24) is 15.3 Å². The number of aromatic nitrogens is 2. The molecule has 2 aliphatic rings. The van der Waals surface area contributed by atoms with E-state index in [0.29, 0.717) is 11.6 Å². The zero-order valence-corrected chi connectivity index (χ0v) is 16.3. The topological polar surface area (TPSA) is 87.3 Å². The zero-order chi connectivity index (χ0) is 19.7. The molecule has 1 aliphatic carbocycles. The Bertz CT molecular complexity index is 910. The summed E-state index contributed by atoms with van der Waals surface area (Å²) in [7, 11) is 1.64. The van der Waals surface area contributed by atoms with E-state index in [2.05, 4.69) is 20.2 Å². The number of anilines is 1.